The number of carbonyl (C=O) groups excluding carboxylic acids is 2. The van der Waals surface area contributed by atoms with Crippen LogP contribution in [-0.2, 0) is 14.3 Å². The molecule has 0 saturated carbocycles. The fourth-order valence-electron chi connectivity index (χ4n) is 1.97. The number of nitrogens with two attached hydrogens (primary N) is 1. The molecule has 0 aromatic heterocycles. The second kappa shape index (κ2) is 5.56. The van der Waals surface area contributed by atoms with Crippen LogP contribution in [0.3, 0.4) is 0 Å². The molecule has 0 aromatic rings. The molecule has 104 valence electrons. The Balaban J connectivity index is 2.82. The smallest absolute Gasteiger partial charge is 0.411 e. The van der Waals surface area contributed by atoms with Gasteiger partial charge in [-0.3, -0.25) is 4.90 Å². The highest BCUT2D eigenvalue weighted by molar-refractivity contribution is 5.82. The van der Waals surface area contributed by atoms with Crippen molar-refractivity contribution in [3.05, 3.63) is 0 Å². The molecule has 0 aromatic carbocycles. The van der Waals surface area contributed by atoms with Crippen molar-refractivity contribution in [2.75, 3.05) is 13.7 Å². The third kappa shape index (κ3) is 3.60. The zero-order chi connectivity index (χ0) is 13.9. The molecule has 6 nitrogen and oxygen atoms in total. The summed E-state index contributed by atoms with van der Waals surface area (Å²) >= 11 is 0. The van der Waals surface area contributed by atoms with Crippen molar-refractivity contribution in [1.29, 1.82) is 0 Å². The lowest BCUT2D eigenvalue weighted by Gasteiger charge is -2.38. The van der Waals surface area contributed by atoms with Gasteiger partial charge in [0.25, 0.3) is 0 Å². The number of hydrogen-bond donors (Lipinski definition) is 1. The van der Waals surface area contributed by atoms with Gasteiger partial charge in [-0.2, -0.15) is 0 Å². The van der Waals surface area contributed by atoms with E-state index in [9.17, 15) is 9.59 Å². The van der Waals surface area contributed by atoms with E-state index in [1.165, 1.54) is 12.0 Å². The van der Waals surface area contributed by atoms with Crippen molar-refractivity contribution in [1.82, 2.24) is 4.90 Å². The third-order valence-corrected chi connectivity index (χ3v) is 2.75. The summed E-state index contributed by atoms with van der Waals surface area (Å²) in [5, 5.41) is 0. The number of rotatable bonds is 1. The molecule has 0 bridgehead atoms. The van der Waals surface area contributed by atoms with E-state index in [-0.39, 0.29) is 0 Å². The highest BCUT2D eigenvalue weighted by Gasteiger charge is 2.40. The van der Waals surface area contributed by atoms with Crippen molar-refractivity contribution in [3.8, 4) is 0 Å². The van der Waals surface area contributed by atoms with Crippen LogP contribution in [0, 0.1) is 0 Å². The van der Waals surface area contributed by atoms with Gasteiger partial charge >= 0.3 is 12.1 Å². The molecule has 0 aliphatic carbocycles. The SMILES string of the molecule is COC(=O)C1C(N)CCCN1C(=O)OC(C)(C)C. The number of carbonyl (C=O) groups is 2. The number of ether oxygens (including phenoxy) is 2. The van der Waals surface area contributed by atoms with Gasteiger partial charge < -0.3 is 15.2 Å². The molecule has 2 atom stereocenters. The first kappa shape index (κ1) is 14.8. The second-order valence-electron chi connectivity index (χ2n) is 5.45. The number of likely N-dealkylation sites (tertiary alicyclic amines) is 1. The Morgan fingerprint density at radius 2 is 1.94 bits per heavy atom. The maximum Gasteiger partial charge on any atom is 0.411 e. The zero-order valence-corrected chi connectivity index (χ0v) is 11.4. The normalized spacial score (nSPS) is 24.6. The number of methoxy groups -OCH3 is 1. The Hall–Kier alpha value is -1.30. The Bertz CT molecular complexity index is 325. The topological polar surface area (TPSA) is 81.9 Å². The van der Waals surface area contributed by atoms with Crippen LogP contribution >= 0.6 is 0 Å². The van der Waals surface area contributed by atoms with Crippen LogP contribution in [0.25, 0.3) is 0 Å². The van der Waals surface area contributed by atoms with Gasteiger partial charge in [-0.25, -0.2) is 9.59 Å². The average Bonchev–Trinajstić information content (AvgIpc) is 2.25. The summed E-state index contributed by atoms with van der Waals surface area (Å²) in [6, 6.07) is -1.16. The number of esters is 1. The van der Waals surface area contributed by atoms with Crippen molar-refractivity contribution in [3.63, 3.8) is 0 Å². The minimum atomic E-state index is -0.751. The number of amides is 1. The molecule has 1 fully saturated rings. The van der Waals surface area contributed by atoms with Crippen molar-refractivity contribution in [2.45, 2.75) is 51.3 Å². The van der Waals surface area contributed by atoms with E-state index in [2.05, 4.69) is 0 Å². The Kier molecular flexibility index (Phi) is 4.56. The van der Waals surface area contributed by atoms with E-state index >= 15 is 0 Å². The zero-order valence-electron chi connectivity index (χ0n) is 11.4. The lowest BCUT2D eigenvalue weighted by Crippen LogP contribution is -2.59. The summed E-state index contributed by atoms with van der Waals surface area (Å²) < 4.78 is 9.98. The first-order valence-corrected chi connectivity index (χ1v) is 6.09. The van der Waals surface area contributed by atoms with E-state index in [0.717, 1.165) is 6.42 Å². The molecule has 6 heteroatoms. The molecular weight excluding hydrogens is 236 g/mol. The van der Waals surface area contributed by atoms with Crippen LogP contribution in [0.1, 0.15) is 33.6 Å². The molecule has 1 aliphatic heterocycles. The largest absolute Gasteiger partial charge is 0.467 e. The van der Waals surface area contributed by atoms with Gasteiger partial charge in [-0.15, -0.1) is 0 Å². The Morgan fingerprint density at radius 1 is 1.33 bits per heavy atom. The molecule has 0 spiro atoms. The molecule has 18 heavy (non-hydrogen) atoms. The molecule has 2 unspecified atom stereocenters. The van der Waals surface area contributed by atoms with Crippen LogP contribution in [-0.4, -0.2) is 48.3 Å². The minimum Gasteiger partial charge on any atom is -0.467 e. The third-order valence-electron chi connectivity index (χ3n) is 2.75. The summed E-state index contributed by atoms with van der Waals surface area (Å²) in [6.45, 7) is 5.80. The molecule has 1 aliphatic rings. The van der Waals surface area contributed by atoms with Crippen LogP contribution in [0.2, 0.25) is 0 Å². The Morgan fingerprint density at radius 3 is 2.44 bits per heavy atom. The molecule has 0 radical (unpaired) electrons. The van der Waals surface area contributed by atoms with Gasteiger partial charge in [0.15, 0.2) is 0 Å². The van der Waals surface area contributed by atoms with Crippen LogP contribution in [0.5, 0.6) is 0 Å². The highest BCUT2D eigenvalue weighted by Crippen LogP contribution is 2.20. The summed E-state index contributed by atoms with van der Waals surface area (Å²) in [5.74, 6) is -0.493. The number of nitrogens with zero attached hydrogens (tertiary/aromatic N) is 1. The monoisotopic (exact) mass is 258 g/mol. The van der Waals surface area contributed by atoms with Gasteiger partial charge in [0.05, 0.1) is 7.11 Å². The molecule has 2 N–H and O–H groups in total. The van der Waals surface area contributed by atoms with Gasteiger partial charge in [0.2, 0.25) is 0 Å². The maximum atomic E-state index is 12.0. The highest BCUT2D eigenvalue weighted by atomic mass is 16.6. The maximum absolute atomic E-state index is 12.0. The summed E-state index contributed by atoms with van der Waals surface area (Å²) in [4.78, 5) is 25.1. The van der Waals surface area contributed by atoms with E-state index in [0.29, 0.717) is 13.0 Å². The molecule has 1 rings (SSSR count). The predicted octanol–water partition coefficient (Wildman–Crippen LogP) is 0.886. The van der Waals surface area contributed by atoms with Gasteiger partial charge in [-0.1, -0.05) is 0 Å². The predicted molar refractivity (Wildman–Crippen MR) is 66.0 cm³/mol. The van der Waals surface area contributed by atoms with E-state index < -0.39 is 29.7 Å². The van der Waals surface area contributed by atoms with Gasteiger partial charge in [0.1, 0.15) is 11.6 Å². The molecular formula is C12H22N2O4. The summed E-state index contributed by atoms with van der Waals surface area (Å²) in [5.41, 5.74) is 5.30. The van der Waals surface area contributed by atoms with Crippen LogP contribution < -0.4 is 5.73 Å². The lowest BCUT2D eigenvalue weighted by atomic mass is 9.97. The average molecular weight is 258 g/mol. The second-order valence-corrected chi connectivity index (χ2v) is 5.45. The minimum absolute atomic E-state index is 0.404. The van der Waals surface area contributed by atoms with Crippen molar-refractivity contribution < 1.29 is 19.1 Å². The summed E-state index contributed by atoms with van der Waals surface area (Å²) in [7, 11) is 1.29. The standard InChI is InChI=1S/C12H22N2O4/c1-12(2,3)18-11(16)14-7-5-6-8(13)9(14)10(15)17-4/h8-9H,5-7,13H2,1-4H3. The van der Waals surface area contributed by atoms with Gasteiger partial charge in [0, 0.05) is 12.6 Å². The van der Waals surface area contributed by atoms with E-state index in [4.69, 9.17) is 15.2 Å². The van der Waals surface area contributed by atoms with Gasteiger partial charge in [-0.05, 0) is 33.6 Å². The molecule has 1 heterocycles. The van der Waals surface area contributed by atoms with E-state index in [1.807, 2.05) is 0 Å². The lowest BCUT2D eigenvalue weighted by molar-refractivity contribution is -0.148. The first-order chi connectivity index (χ1) is 8.26. The Labute approximate surface area is 107 Å². The van der Waals surface area contributed by atoms with Crippen molar-refractivity contribution >= 4 is 12.1 Å². The number of hydrogen-bond acceptors (Lipinski definition) is 5. The number of piperidine rings is 1. The summed E-state index contributed by atoms with van der Waals surface area (Å²) in [6.07, 6.45) is 0.931. The molecule has 1 saturated heterocycles. The van der Waals surface area contributed by atoms with Crippen LogP contribution in [0.4, 0.5) is 4.79 Å². The molecule has 1 amide bonds. The quantitative estimate of drug-likeness (QED) is 0.706. The fraction of sp³-hybridized carbons (Fsp3) is 0.833. The van der Waals surface area contributed by atoms with Crippen molar-refractivity contribution in [2.24, 2.45) is 5.73 Å². The van der Waals surface area contributed by atoms with Crippen LogP contribution in [0.15, 0.2) is 0 Å². The van der Waals surface area contributed by atoms with E-state index in [1.54, 1.807) is 20.8 Å². The first-order valence-electron chi connectivity index (χ1n) is 6.09. The fourth-order valence-corrected chi connectivity index (χ4v) is 1.97.